The topological polar surface area (TPSA) is 37.3 Å². The lowest BCUT2D eigenvalue weighted by atomic mass is 9.45. The first-order chi connectivity index (χ1) is 10.7. The molecule has 118 valence electrons. The van der Waals surface area contributed by atoms with Crippen molar-refractivity contribution in [2.45, 2.75) is 77.7 Å². The highest BCUT2D eigenvalue weighted by Gasteiger charge is 2.59. The van der Waals surface area contributed by atoms with Gasteiger partial charge < -0.3 is 5.11 Å². The van der Waals surface area contributed by atoms with Crippen molar-refractivity contribution < 1.29 is 12.6 Å². The third-order valence-corrected chi connectivity index (χ3v) is 7.91. The highest BCUT2D eigenvalue weighted by atomic mass is 16.3. The van der Waals surface area contributed by atoms with Gasteiger partial charge in [-0.2, -0.15) is 0 Å². The minimum absolute atomic E-state index is 0.0205. The predicted molar refractivity (Wildman–Crippen MR) is 82.7 cm³/mol. The Kier molecular flexibility index (Phi) is 2.63. The van der Waals surface area contributed by atoms with Crippen LogP contribution in [0.3, 0.4) is 0 Å². The van der Waals surface area contributed by atoms with Crippen LogP contribution < -0.4 is 0 Å². The van der Waals surface area contributed by atoms with Crippen molar-refractivity contribution in [2.24, 2.45) is 34.5 Å². The molecule has 0 amide bonds. The fourth-order valence-corrected chi connectivity index (χ4v) is 6.53. The molecule has 4 rings (SSSR count). The van der Waals surface area contributed by atoms with Gasteiger partial charge in [0.2, 0.25) is 0 Å². The van der Waals surface area contributed by atoms with Crippen molar-refractivity contribution in [2.75, 3.05) is 0 Å². The van der Waals surface area contributed by atoms with E-state index in [2.05, 4.69) is 13.8 Å². The summed E-state index contributed by atoms with van der Waals surface area (Å²) in [7, 11) is 0. The van der Waals surface area contributed by atoms with Crippen LogP contribution in [0.15, 0.2) is 0 Å². The van der Waals surface area contributed by atoms with E-state index >= 15 is 0 Å². The minimum Gasteiger partial charge on any atom is -0.393 e. The summed E-state index contributed by atoms with van der Waals surface area (Å²) in [5.74, 6) is 0.689. The molecule has 0 aromatic rings. The maximum absolute atomic E-state index is 12.1. The summed E-state index contributed by atoms with van der Waals surface area (Å²) in [6, 6.07) is 0. The van der Waals surface area contributed by atoms with Crippen molar-refractivity contribution in [3.63, 3.8) is 0 Å². The monoisotopic (exact) mass is 292 g/mol. The average Bonchev–Trinajstić information content (AvgIpc) is 2.82. The highest BCUT2D eigenvalue weighted by Crippen LogP contribution is 2.65. The van der Waals surface area contributed by atoms with Gasteiger partial charge >= 0.3 is 0 Å². The van der Waals surface area contributed by atoms with Crippen LogP contribution in [0.25, 0.3) is 0 Å². The Hall–Kier alpha value is -0.370. The molecule has 0 bridgehead atoms. The molecule has 0 aromatic heterocycles. The number of carbonyl (C=O) groups excluding carboxylic acids is 1. The molecule has 0 spiro atoms. The number of hydrogen-bond donors (Lipinski definition) is 1. The zero-order valence-corrected chi connectivity index (χ0v) is 13.4. The number of fused-ring (bicyclic) bond motifs is 5. The normalized spacial score (nSPS) is 64.9. The molecule has 2 heteroatoms. The average molecular weight is 292 g/mol. The van der Waals surface area contributed by atoms with Gasteiger partial charge in [-0.1, -0.05) is 13.8 Å². The molecule has 0 radical (unpaired) electrons. The molecule has 0 heterocycles. The van der Waals surface area contributed by atoms with E-state index in [1.54, 1.807) is 0 Å². The summed E-state index contributed by atoms with van der Waals surface area (Å²) in [6.07, 6.45) is 6.06. The van der Waals surface area contributed by atoms with Gasteiger partial charge in [0.05, 0.1) is 6.10 Å². The Bertz CT molecular complexity index is 537. The summed E-state index contributed by atoms with van der Waals surface area (Å²) >= 11 is 0. The van der Waals surface area contributed by atoms with Gasteiger partial charge in [-0.25, -0.2) is 0 Å². The van der Waals surface area contributed by atoms with E-state index in [1.807, 2.05) is 0 Å². The van der Waals surface area contributed by atoms with E-state index in [4.69, 9.17) is 2.74 Å². The summed E-state index contributed by atoms with van der Waals surface area (Å²) in [5.41, 5.74) is -0.143. The molecular weight excluding hydrogens is 260 g/mol. The number of hydrogen-bond acceptors (Lipinski definition) is 2. The minimum atomic E-state index is -0.894. The predicted octanol–water partition coefficient (Wildman–Crippen LogP) is 3.96. The molecule has 0 saturated heterocycles. The zero-order valence-electron chi connectivity index (χ0n) is 15.4. The fraction of sp³-hybridized carbons (Fsp3) is 0.947. The summed E-state index contributed by atoms with van der Waals surface area (Å²) in [4.78, 5) is 12.1. The van der Waals surface area contributed by atoms with Gasteiger partial charge in [-0.3, -0.25) is 4.79 Å². The van der Waals surface area contributed by atoms with Crippen LogP contribution in [-0.2, 0) is 4.79 Å². The number of Topliss-reactive ketones (excluding diaryl/α,β-unsaturated/α-hetero) is 1. The third kappa shape index (κ3) is 1.84. The van der Waals surface area contributed by atoms with E-state index in [0.717, 1.165) is 38.5 Å². The molecule has 21 heavy (non-hydrogen) atoms. The lowest BCUT2D eigenvalue weighted by molar-refractivity contribution is -0.141. The Morgan fingerprint density at radius 1 is 1.10 bits per heavy atom. The van der Waals surface area contributed by atoms with Crippen molar-refractivity contribution in [1.82, 2.24) is 0 Å². The largest absolute Gasteiger partial charge is 0.393 e. The molecule has 4 fully saturated rings. The SMILES string of the molecule is [2H]C1C(=O)CC[C@]2(C)[C@H]3CC[C@]4(C)[C@@H](O)CC[C@H]4[C@@H]3CC[C@@]12[2H]. The highest BCUT2D eigenvalue weighted by molar-refractivity contribution is 5.79. The second-order valence-electron chi connectivity index (χ2n) is 8.61. The first-order valence-corrected chi connectivity index (χ1v) is 8.87. The number of rotatable bonds is 0. The Morgan fingerprint density at radius 2 is 1.86 bits per heavy atom. The first-order valence-electron chi connectivity index (χ1n) is 9.95. The smallest absolute Gasteiger partial charge is 0.133 e. The second-order valence-corrected chi connectivity index (χ2v) is 8.61. The molecule has 2 nitrogen and oxygen atoms in total. The van der Waals surface area contributed by atoms with Crippen molar-refractivity contribution in [1.29, 1.82) is 0 Å². The number of carbonyl (C=O) groups is 1. The molecular formula is C19H30O2. The quantitative estimate of drug-likeness (QED) is 0.734. The maximum Gasteiger partial charge on any atom is 0.133 e. The van der Waals surface area contributed by atoms with Crippen molar-refractivity contribution >= 4 is 5.78 Å². The van der Waals surface area contributed by atoms with Crippen LogP contribution in [-0.4, -0.2) is 17.0 Å². The van der Waals surface area contributed by atoms with E-state index in [0.29, 0.717) is 30.6 Å². The number of ketones is 1. The van der Waals surface area contributed by atoms with Gasteiger partial charge in [0.15, 0.2) is 0 Å². The summed E-state index contributed by atoms with van der Waals surface area (Å²) < 4.78 is 17.4. The van der Waals surface area contributed by atoms with Gasteiger partial charge in [-0.05, 0) is 79.4 Å². The summed E-state index contributed by atoms with van der Waals surface area (Å²) in [5, 5.41) is 10.5. The molecule has 1 N–H and O–H groups in total. The zero-order chi connectivity index (χ0) is 16.6. The maximum atomic E-state index is 12.1. The molecule has 8 atom stereocenters. The van der Waals surface area contributed by atoms with Crippen LogP contribution >= 0.6 is 0 Å². The molecule has 0 aromatic carbocycles. The standard InChI is InChI=1S/C19H30O2/c1-18-9-7-13(20)11-12(18)3-4-14-15-5-6-17(21)19(15,2)10-8-16(14)18/h12,14-17,21H,3-11H2,1-2H3/t12-,14-,15-,16-,17-,18-,19-/m0/s1/i11D,12D/t11?,12-,14-,15-,16-,17-,18-,19-. The van der Waals surface area contributed by atoms with Crippen LogP contribution in [0, 0.1) is 34.5 Å². The Labute approximate surface area is 131 Å². The molecule has 4 aliphatic rings. The van der Waals surface area contributed by atoms with Crippen LogP contribution in [0.5, 0.6) is 0 Å². The number of aliphatic hydroxyl groups excluding tert-OH is 1. The second kappa shape index (κ2) is 4.57. The number of aliphatic hydroxyl groups is 1. The molecule has 4 aliphatic carbocycles. The molecule has 0 aliphatic heterocycles. The first kappa shape index (κ1) is 12.1. The fourth-order valence-electron chi connectivity index (χ4n) is 6.53. The van der Waals surface area contributed by atoms with Crippen LogP contribution in [0.2, 0.25) is 0 Å². The van der Waals surface area contributed by atoms with Gasteiger partial charge in [-0.15, -0.1) is 0 Å². The van der Waals surface area contributed by atoms with Crippen molar-refractivity contribution in [3.8, 4) is 0 Å². The Balaban J connectivity index is 1.70. The third-order valence-electron chi connectivity index (χ3n) is 7.91. The lowest BCUT2D eigenvalue weighted by Gasteiger charge is -2.60. The summed E-state index contributed by atoms with van der Waals surface area (Å²) in [6.45, 7) is 4.48. The van der Waals surface area contributed by atoms with Crippen molar-refractivity contribution in [3.05, 3.63) is 0 Å². The Morgan fingerprint density at radius 3 is 2.67 bits per heavy atom. The van der Waals surface area contributed by atoms with Gasteiger partial charge in [0.25, 0.3) is 0 Å². The van der Waals surface area contributed by atoms with Crippen LogP contribution in [0.4, 0.5) is 0 Å². The molecule has 1 unspecified atom stereocenters. The van der Waals surface area contributed by atoms with E-state index in [-0.39, 0.29) is 22.7 Å². The van der Waals surface area contributed by atoms with Crippen LogP contribution in [0.1, 0.15) is 74.4 Å². The van der Waals surface area contributed by atoms with Gasteiger partial charge in [0, 0.05) is 15.6 Å². The van der Waals surface area contributed by atoms with E-state index in [9.17, 15) is 9.90 Å². The molecule has 4 saturated carbocycles. The van der Waals surface area contributed by atoms with E-state index < -0.39 is 12.3 Å². The van der Waals surface area contributed by atoms with Gasteiger partial charge in [0.1, 0.15) is 5.78 Å². The van der Waals surface area contributed by atoms with E-state index in [1.165, 1.54) is 0 Å². The lowest BCUT2D eigenvalue weighted by Crippen LogP contribution is -2.54.